The van der Waals surface area contributed by atoms with Gasteiger partial charge >= 0.3 is 0 Å². The van der Waals surface area contributed by atoms with Crippen LogP contribution in [0, 0.1) is 0 Å². The summed E-state index contributed by atoms with van der Waals surface area (Å²) in [5.41, 5.74) is 0.784. The zero-order valence-electron chi connectivity index (χ0n) is 10.3. The summed E-state index contributed by atoms with van der Waals surface area (Å²) in [5, 5.41) is 12.4. The van der Waals surface area contributed by atoms with E-state index in [2.05, 4.69) is 21.2 Å². The van der Waals surface area contributed by atoms with Gasteiger partial charge in [-0.05, 0) is 32.0 Å². The molecular weight excluding hydrogens is 305 g/mol. The summed E-state index contributed by atoms with van der Waals surface area (Å²) in [6, 6.07) is 5.88. The predicted octanol–water partition coefficient (Wildman–Crippen LogP) is 2.74. The van der Waals surface area contributed by atoms with Crippen LogP contribution in [0.25, 0.3) is 0 Å². The fraction of sp³-hybridized carbons (Fsp3) is 0.500. The molecule has 0 fully saturated rings. The van der Waals surface area contributed by atoms with Crippen molar-refractivity contribution in [2.24, 2.45) is 0 Å². The Morgan fingerprint density at radius 3 is 2.59 bits per heavy atom. The number of hydrogen-bond acceptors (Lipinski definition) is 3. The van der Waals surface area contributed by atoms with Gasteiger partial charge in [0.15, 0.2) is 0 Å². The molecule has 0 aliphatic rings. The SMILES string of the molecule is COc1ccc(Br)cc1CNC(C)(C)CO.Cl. The summed E-state index contributed by atoms with van der Waals surface area (Å²) in [7, 11) is 1.66. The molecule has 1 rings (SSSR count). The lowest BCUT2D eigenvalue weighted by atomic mass is 10.1. The Hall–Kier alpha value is -0.290. The molecule has 5 heteroatoms. The van der Waals surface area contributed by atoms with Gasteiger partial charge in [-0.1, -0.05) is 15.9 Å². The molecule has 0 bridgehead atoms. The van der Waals surface area contributed by atoms with E-state index < -0.39 is 0 Å². The van der Waals surface area contributed by atoms with Crippen molar-refractivity contribution in [1.29, 1.82) is 0 Å². The highest BCUT2D eigenvalue weighted by Crippen LogP contribution is 2.23. The van der Waals surface area contributed by atoms with Gasteiger partial charge in [-0.2, -0.15) is 0 Å². The number of benzene rings is 1. The first-order valence-corrected chi connectivity index (χ1v) is 5.96. The Balaban J connectivity index is 0.00000256. The number of aliphatic hydroxyl groups excluding tert-OH is 1. The van der Waals surface area contributed by atoms with E-state index in [0.717, 1.165) is 15.8 Å². The third kappa shape index (κ3) is 5.25. The van der Waals surface area contributed by atoms with Crippen molar-refractivity contribution in [2.45, 2.75) is 25.9 Å². The third-order valence-electron chi connectivity index (χ3n) is 2.40. The Kier molecular flexibility index (Phi) is 7.09. The highest BCUT2D eigenvalue weighted by molar-refractivity contribution is 9.10. The van der Waals surface area contributed by atoms with Crippen molar-refractivity contribution in [1.82, 2.24) is 5.32 Å². The molecule has 0 amide bonds. The van der Waals surface area contributed by atoms with Gasteiger partial charge in [0.05, 0.1) is 13.7 Å². The van der Waals surface area contributed by atoms with Crippen LogP contribution >= 0.6 is 28.3 Å². The highest BCUT2D eigenvalue weighted by atomic mass is 79.9. The molecule has 2 N–H and O–H groups in total. The maximum Gasteiger partial charge on any atom is 0.123 e. The van der Waals surface area contributed by atoms with Gasteiger partial charge in [0.2, 0.25) is 0 Å². The molecule has 0 saturated carbocycles. The molecule has 1 aromatic carbocycles. The first-order valence-electron chi connectivity index (χ1n) is 5.17. The van der Waals surface area contributed by atoms with Crippen LogP contribution < -0.4 is 10.1 Å². The molecule has 0 heterocycles. The number of ether oxygens (including phenoxy) is 1. The van der Waals surface area contributed by atoms with Crippen LogP contribution in [0.5, 0.6) is 5.75 Å². The molecule has 0 radical (unpaired) electrons. The van der Waals surface area contributed by atoms with Gasteiger partial charge in [-0.3, -0.25) is 0 Å². The molecule has 0 aliphatic heterocycles. The zero-order chi connectivity index (χ0) is 12.2. The van der Waals surface area contributed by atoms with Crippen LogP contribution in [-0.4, -0.2) is 24.4 Å². The van der Waals surface area contributed by atoms with E-state index >= 15 is 0 Å². The molecule has 0 aliphatic carbocycles. The van der Waals surface area contributed by atoms with Crippen molar-refractivity contribution >= 4 is 28.3 Å². The number of hydrogen-bond donors (Lipinski definition) is 2. The number of halogens is 2. The quantitative estimate of drug-likeness (QED) is 0.875. The lowest BCUT2D eigenvalue weighted by Gasteiger charge is -2.24. The molecule has 0 aromatic heterocycles. The van der Waals surface area contributed by atoms with Crippen LogP contribution in [0.3, 0.4) is 0 Å². The average Bonchev–Trinajstić information content (AvgIpc) is 2.27. The summed E-state index contributed by atoms with van der Waals surface area (Å²) in [4.78, 5) is 0. The van der Waals surface area contributed by atoms with Crippen LogP contribution in [0.4, 0.5) is 0 Å². The standard InChI is InChI=1S/C12H18BrNO2.ClH/c1-12(2,8-15)14-7-9-6-10(13)4-5-11(9)16-3;/h4-6,14-15H,7-8H2,1-3H3;1H. The third-order valence-corrected chi connectivity index (χ3v) is 2.89. The van der Waals surface area contributed by atoms with Gasteiger partial charge in [0.25, 0.3) is 0 Å². The topological polar surface area (TPSA) is 41.5 Å². The smallest absolute Gasteiger partial charge is 0.123 e. The van der Waals surface area contributed by atoms with Gasteiger partial charge in [0, 0.05) is 22.1 Å². The van der Waals surface area contributed by atoms with E-state index in [0.29, 0.717) is 6.54 Å². The molecule has 3 nitrogen and oxygen atoms in total. The maximum absolute atomic E-state index is 9.15. The van der Waals surface area contributed by atoms with E-state index in [1.54, 1.807) is 7.11 Å². The summed E-state index contributed by atoms with van der Waals surface area (Å²) in [5.74, 6) is 0.851. The molecule has 0 saturated heterocycles. The number of aliphatic hydroxyl groups is 1. The normalized spacial score (nSPS) is 10.9. The first-order chi connectivity index (χ1) is 7.48. The van der Waals surface area contributed by atoms with Crippen LogP contribution in [-0.2, 0) is 6.54 Å². The maximum atomic E-state index is 9.15. The average molecular weight is 325 g/mol. The van der Waals surface area contributed by atoms with Crippen molar-refractivity contribution in [3.8, 4) is 5.75 Å². The zero-order valence-corrected chi connectivity index (χ0v) is 12.7. The summed E-state index contributed by atoms with van der Waals surface area (Å²) >= 11 is 3.43. The van der Waals surface area contributed by atoms with Crippen LogP contribution in [0.1, 0.15) is 19.4 Å². The second kappa shape index (κ2) is 7.21. The van der Waals surface area contributed by atoms with Gasteiger partial charge < -0.3 is 15.2 Å². The Bertz CT molecular complexity index is 358. The van der Waals surface area contributed by atoms with Gasteiger partial charge in [-0.15, -0.1) is 12.4 Å². The molecule has 17 heavy (non-hydrogen) atoms. The van der Waals surface area contributed by atoms with E-state index in [1.807, 2.05) is 32.0 Å². The first kappa shape index (κ1) is 16.7. The fourth-order valence-corrected chi connectivity index (χ4v) is 1.68. The molecule has 98 valence electrons. The van der Waals surface area contributed by atoms with Crippen LogP contribution in [0.15, 0.2) is 22.7 Å². The van der Waals surface area contributed by atoms with E-state index in [-0.39, 0.29) is 24.6 Å². The molecule has 1 aromatic rings. The van der Waals surface area contributed by atoms with E-state index in [4.69, 9.17) is 9.84 Å². The minimum absolute atomic E-state index is 0. The molecule has 0 atom stereocenters. The molecule has 0 spiro atoms. The largest absolute Gasteiger partial charge is 0.496 e. The Morgan fingerprint density at radius 1 is 1.41 bits per heavy atom. The lowest BCUT2D eigenvalue weighted by Crippen LogP contribution is -2.42. The summed E-state index contributed by atoms with van der Waals surface area (Å²) < 4.78 is 6.30. The number of nitrogens with one attached hydrogen (secondary N) is 1. The minimum Gasteiger partial charge on any atom is -0.496 e. The fourth-order valence-electron chi connectivity index (χ4n) is 1.28. The van der Waals surface area contributed by atoms with Crippen molar-refractivity contribution in [3.63, 3.8) is 0 Å². The van der Waals surface area contributed by atoms with Gasteiger partial charge in [0.1, 0.15) is 5.75 Å². The minimum atomic E-state index is -0.284. The number of methoxy groups -OCH3 is 1. The second-order valence-corrected chi connectivity index (χ2v) is 5.27. The monoisotopic (exact) mass is 323 g/mol. The number of rotatable bonds is 5. The lowest BCUT2D eigenvalue weighted by molar-refractivity contribution is 0.187. The van der Waals surface area contributed by atoms with E-state index in [1.165, 1.54) is 0 Å². The molecule has 0 unspecified atom stereocenters. The Morgan fingerprint density at radius 2 is 2.06 bits per heavy atom. The van der Waals surface area contributed by atoms with Crippen molar-refractivity contribution in [3.05, 3.63) is 28.2 Å². The van der Waals surface area contributed by atoms with E-state index in [9.17, 15) is 0 Å². The van der Waals surface area contributed by atoms with Crippen molar-refractivity contribution in [2.75, 3.05) is 13.7 Å². The van der Waals surface area contributed by atoms with Gasteiger partial charge in [-0.25, -0.2) is 0 Å². The van der Waals surface area contributed by atoms with Crippen molar-refractivity contribution < 1.29 is 9.84 Å². The molecular formula is C12H19BrClNO2. The Labute approximate surface area is 117 Å². The predicted molar refractivity (Wildman–Crippen MR) is 75.9 cm³/mol. The summed E-state index contributed by atoms with van der Waals surface area (Å²) in [6.45, 7) is 4.68. The highest BCUT2D eigenvalue weighted by Gasteiger charge is 2.16. The summed E-state index contributed by atoms with van der Waals surface area (Å²) in [6.07, 6.45) is 0. The van der Waals surface area contributed by atoms with Crippen LogP contribution in [0.2, 0.25) is 0 Å². The second-order valence-electron chi connectivity index (χ2n) is 4.35.